The van der Waals surface area contributed by atoms with Crippen LogP contribution in [0.2, 0.25) is 0 Å². The van der Waals surface area contributed by atoms with E-state index in [1.807, 2.05) is 12.4 Å². The lowest BCUT2D eigenvalue weighted by Crippen LogP contribution is -2.40. The van der Waals surface area contributed by atoms with Crippen LogP contribution in [0.25, 0.3) is 11.2 Å². The van der Waals surface area contributed by atoms with Crippen LogP contribution in [-0.4, -0.2) is 68.8 Å². The number of fused-ring (bicyclic) bond motifs is 1. The number of hydrogen-bond acceptors (Lipinski definition) is 8. The van der Waals surface area contributed by atoms with Crippen LogP contribution in [0.5, 0.6) is 0 Å². The van der Waals surface area contributed by atoms with Crippen LogP contribution in [-0.2, 0) is 11.3 Å². The van der Waals surface area contributed by atoms with Crippen molar-refractivity contribution in [1.29, 1.82) is 0 Å². The number of hydrogen-bond donors (Lipinski definition) is 3. The molecule has 0 amide bonds. The van der Waals surface area contributed by atoms with E-state index in [1.54, 1.807) is 0 Å². The third-order valence-corrected chi connectivity index (χ3v) is 9.05. The lowest BCUT2D eigenvalue weighted by Gasteiger charge is -2.32. The van der Waals surface area contributed by atoms with Crippen molar-refractivity contribution in [2.45, 2.75) is 101 Å². The summed E-state index contributed by atoms with van der Waals surface area (Å²) in [6, 6.07) is 12.0. The first-order valence-electron chi connectivity index (χ1n) is 15.6. The van der Waals surface area contributed by atoms with E-state index in [-0.39, 0.29) is 0 Å². The van der Waals surface area contributed by atoms with Crippen LogP contribution in [0.15, 0.2) is 36.7 Å². The van der Waals surface area contributed by atoms with Crippen molar-refractivity contribution in [2.24, 2.45) is 5.73 Å². The molecule has 0 radical (unpaired) electrons. The smallest absolute Gasteiger partial charge is 0.227 e. The van der Waals surface area contributed by atoms with Crippen molar-refractivity contribution in [3.8, 4) is 0 Å². The van der Waals surface area contributed by atoms with Crippen LogP contribution in [0.3, 0.4) is 0 Å². The van der Waals surface area contributed by atoms with Crippen molar-refractivity contribution in [1.82, 2.24) is 24.4 Å². The van der Waals surface area contributed by atoms with Gasteiger partial charge in [0.1, 0.15) is 0 Å². The highest BCUT2D eigenvalue weighted by Gasteiger charge is 2.26. The van der Waals surface area contributed by atoms with Gasteiger partial charge in [-0.1, -0.05) is 43.2 Å². The summed E-state index contributed by atoms with van der Waals surface area (Å²) in [5.41, 5.74) is 9.27. The zero-order valence-corrected chi connectivity index (χ0v) is 23.8. The summed E-state index contributed by atoms with van der Waals surface area (Å²) in [5, 5.41) is 7.44. The maximum Gasteiger partial charge on any atom is 0.227 e. The van der Waals surface area contributed by atoms with Crippen molar-refractivity contribution in [3.05, 3.63) is 42.2 Å². The Morgan fingerprint density at radius 1 is 0.875 bits per heavy atom. The molecule has 0 atom stereocenters. The Bertz CT molecular complexity index is 1190. The molecule has 3 aromatic rings. The fourth-order valence-corrected chi connectivity index (χ4v) is 6.63. The Hall–Kier alpha value is -2.75. The summed E-state index contributed by atoms with van der Waals surface area (Å²) >= 11 is 0. The van der Waals surface area contributed by atoms with Crippen molar-refractivity contribution in [3.63, 3.8) is 0 Å². The van der Waals surface area contributed by atoms with Crippen molar-refractivity contribution < 1.29 is 4.74 Å². The largest absolute Gasteiger partial charge is 0.377 e. The van der Waals surface area contributed by atoms with Gasteiger partial charge in [-0.25, -0.2) is 4.98 Å². The van der Waals surface area contributed by atoms with Crippen molar-refractivity contribution in [2.75, 3.05) is 36.9 Å². The van der Waals surface area contributed by atoms with E-state index in [0.717, 1.165) is 94.1 Å². The van der Waals surface area contributed by atoms with Crippen LogP contribution >= 0.6 is 0 Å². The molecule has 2 aromatic heterocycles. The number of rotatable bonds is 11. The van der Waals surface area contributed by atoms with Crippen LogP contribution in [0.1, 0.15) is 82.2 Å². The standard InChI is InChI=1S/C31H46N8O/c32-24-11-13-25(14-12-24)34-29-28-30(39(22-33-28)27-9-4-5-10-27)37-31(36-29)35-26-15-18-38(19-16-26)17-6-20-40-21-23-7-2-1-3-8-23/h1-3,7-8,22,24-27H,4-6,9-21,32H2,(H2,34,35,36,37). The highest BCUT2D eigenvalue weighted by atomic mass is 16.5. The number of anilines is 2. The Labute approximate surface area is 238 Å². The summed E-state index contributed by atoms with van der Waals surface area (Å²) in [4.78, 5) is 17.4. The normalized spacial score (nSPS) is 23.1. The van der Waals surface area contributed by atoms with Crippen molar-refractivity contribution >= 4 is 22.9 Å². The number of piperidine rings is 1. The van der Waals surface area contributed by atoms with Gasteiger partial charge in [0.25, 0.3) is 0 Å². The maximum absolute atomic E-state index is 6.17. The number of nitrogens with zero attached hydrogens (tertiary/aromatic N) is 5. The number of aromatic nitrogens is 4. The fraction of sp³-hybridized carbons (Fsp3) is 0.645. The molecule has 2 saturated carbocycles. The van der Waals surface area contributed by atoms with E-state index >= 15 is 0 Å². The van der Waals surface area contributed by atoms with E-state index < -0.39 is 0 Å². The van der Waals surface area contributed by atoms with Gasteiger partial charge in [-0.15, -0.1) is 0 Å². The molecule has 9 nitrogen and oxygen atoms in total. The molecule has 4 N–H and O–H groups in total. The van der Waals surface area contributed by atoms with Crippen LogP contribution < -0.4 is 16.4 Å². The Morgan fingerprint density at radius 2 is 1.62 bits per heavy atom. The summed E-state index contributed by atoms with van der Waals surface area (Å²) < 4.78 is 8.19. The van der Waals surface area contributed by atoms with E-state index in [0.29, 0.717) is 30.8 Å². The quantitative estimate of drug-likeness (QED) is 0.285. The topological polar surface area (TPSA) is 106 Å². The van der Waals surface area contributed by atoms with E-state index in [1.165, 1.54) is 31.2 Å². The molecular formula is C31H46N8O. The monoisotopic (exact) mass is 546 g/mol. The second-order valence-electron chi connectivity index (χ2n) is 12.1. The zero-order chi connectivity index (χ0) is 27.1. The molecule has 2 aliphatic carbocycles. The molecule has 0 unspecified atom stereocenters. The van der Waals surface area contributed by atoms with Gasteiger partial charge in [0.05, 0.1) is 12.9 Å². The van der Waals surface area contributed by atoms with Gasteiger partial charge in [-0.05, 0) is 63.4 Å². The number of nitrogens with one attached hydrogen (secondary N) is 2. The number of likely N-dealkylation sites (tertiary alicyclic amines) is 1. The van der Waals surface area contributed by atoms with E-state index in [4.69, 9.17) is 25.4 Å². The summed E-state index contributed by atoms with van der Waals surface area (Å²) in [6.07, 6.45) is 14.5. The minimum atomic E-state index is 0.329. The Balaban J connectivity index is 1.05. The first-order valence-corrected chi connectivity index (χ1v) is 15.6. The fourth-order valence-electron chi connectivity index (χ4n) is 6.63. The summed E-state index contributed by atoms with van der Waals surface area (Å²) in [6.45, 7) is 4.77. The van der Waals surface area contributed by atoms with Crippen LogP contribution in [0, 0.1) is 0 Å². The first kappa shape index (κ1) is 27.4. The summed E-state index contributed by atoms with van der Waals surface area (Å²) in [7, 11) is 0. The van der Waals surface area contributed by atoms with Gasteiger partial charge in [-0.3, -0.25) is 0 Å². The van der Waals surface area contributed by atoms with Gasteiger partial charge in [-0.2, -0.15) is 9.97 Å². The molecule has 3 aliphatic rings. The predicted molar refractivity (Wildman–Crippen MR) is 160 cm³/mol. The predicted octanol–water partition coefficient (Wildman–Crippen LogP) is 5.11. The second-order valence-corrected chi connectivity index (χ2v) is 12.1. The summed E-state index contributed by atoms with van der Waals surface area (Å²) in [5.74, 6) is 1.60. The molecular weight excluding hydrogens is 500 g/mol. The van der Waals surface area contributed by atoms with Gasteiger partial charge in [0.2, 0.25) is 5.95 Å². The molecule has 0 bridgehead atoms. The molecule has 3 heterocycles. The molecule has 216 valence electrons. The lowest BCUT2D eigenvalue weighted by atomic mass is 9.92. The Morgan fingerprint density at radius 3 is 2.40 bits per heavy atom. The number of benzene rings is 1. The van der Waals surface area contributed by atoms with E-state index in [9.17, 15) is 0 Å². The minimum Gasteiger partial charge on any atom is -0.377 e. The third-order valence-electron chi connectivity index (χ3n) is 9.05. The zero-order valence-electron chi connectivity index (χ0n) is 23.8. The number of imidazole rings is 1. The molecule has 9 heteroatoms. The second kappa shape index (κ2) is 13.3. The van der Waals surface area contributed by atoms with Gasteiger partial charge >= 0.3 is 0 Å². The maximum atomic E-state index is 6.17. The molecule has 3 fully saturated rings. The molecule has 6 rings (SSSR count). The Kier molecular flexibility index (Phi) is 9.10. The van der Waals surface area contributed by atoms with Gasteiger partial charge in [0, 0.05) is 50.4 Å². The van der Waals surface area contributed by atoms with Crippen LogP contribution in [0.4, 0.5) is 11.8 Å². The number of ether oxygens (including phenoxy) is 1. The van der Waals surface area contributed by atoms with Gasteiger partial charge < -0.3 is 30.6 Å². The lowest BCUT2D eigenvalue weighted by molar-refractivity contribution is 0.105. The van der Waals surface area contributed by atoms with Gasteiger partial charge in [0.15, 0.2) is 17.0 Å². The van der Waals surface area contributed by atoms with E-state index in [2.05, 4.69) is 44.4 Å². The molecule has 1 saturated heterocycles. The highest BCUT2D eigenvalue weighted by molar-refractivity contribution is 5.84. The third kappa shape index (κ3) is 6.93. The number of nitrogens with two attached hydrogens (primary N) is 1. The molecule has 0 spiro atoms. The minimum absolute atomic E-state index is 0.329. The first-order chi connectivity index (χ1) is 19.7. The highest BCUT2D eigenvalue weighted by Crippen LogP contribution is 2.34. The average Bonchev–Trinajstić information content (AvgIpc) is 3.66. The average molecular weight is 547 g/mol. The molecule has 40 heavy (non-hydrogen) atoms. The molecule has 1 aromatic carbocycles. The molecule has 1 aliphatic heterocycles. The SMILES string of the molecule is NC1CCC(Nc2nc(NC3CCN(CCCOCc4ccccc4)CC3)nc3c2ncn3C2CCCC2)CC1.